The molecule has 0 spiro atoms. The second kappa shape index (κ2) is 6.16. The zero-order valence-corrected chi connectivity index (χ0v) is 11.7. The Kier molecular flexibility index (Phi) is 5.16. The van der Waals surface area contributed by atoms with E-state index in [1.54, 1.807) is 24.3 Å². The summed E-state index contributed by atoms with van der Waals surface area (Å²) in [5.41, 5.74) is 0.523. The van der Waals surface area contributed by atoms with Crippen LogP contribution in [-0.2, 0) is 13.8 Å². The number of anilines is 1. The summed E-state index contributed by atoms with van der Waals surface area (Å²) < 4.78 is 36.9. The van der Waals surface area contributed by atoms with Crippen LogP contribution in [0.4, 0.5) is 5.69 Å². The van der Waals surface area contributed by atoms with Crippen LogP contribution >= 0.6 is 0 Å². The number of sulfonamides is 1. The summed E-state index contributed by atoms with van der Waals surface area (Å²) in [5, 5.41) is 0. The summed E-state index contributed by atoms with van der Waals surface area (Å²) in [6.07, 6.45) is 1.50. The molecule has 0 bridgehead atoms. The molecular weight excluding hydrogens is 289 g/mol. The quantitative estimate of drug-likeness (QED) is 0.794. The van der Waals surface area contributed by atoms with Gasteiger partial charge in [0.1, 0.15) is 0 Å². The van der Waals surface area contributed by atoms with Gasteiger partial charge < -0.3 is 0 Å². The summed E-state index contributed by atoms with van der Waals surface area (Å²) in [6, 6.07) is 6.61. The Morgan fingerprint density at radius 1 is 1.25 bits per heavy atom. The van der Waals surface area contributed by atoms with Crippen molar-refractivity contribution in [2.45, 2.75) is 19.8 Å². The monoisotopic (exact) mass is 303 g/mol. The topological polar surface area (TPSA) is 63.2 Å². The van der Waals surface area contributed by atoms with E-state index < -0.39 is 25.7 Å². The Hall–Kier alpha value is -0.672. The van der Waals surface area contributed by atoms with Crippen LogP contribution in [-0.4, -0.2) is 29.9 Å². The van der Waals surface area contributed by atoms with Gasteiger partial charge in [0.2, 0.25) is 0 Å². The predicted molar refractivity (Wildman–Crippen MR) is 64.8 cm³/mol. The van der Waals surface area contributed by atoms with Crippen molar-refractivity contribution >= 4 is 35.8 Å². The molecule has 0 heterocycles. The molecule has 0 aromatic heterocycles. The third-order valence-corrected chi connectivity index (χ3v) is 4.45. The fourth-order valence-electron chi connectivity index (χ4n) is 1.16. The van der Waals surface area contributed by atoms with Crippen molar-refractivity contribution in [3.05, 3.63) is 24.3 Å². The van der Waals surface area contributed by atoms with E-state index in [4.69, 9.17) is 0 Å². The second-order valence-electron chi connectivity index (χ2n) is 3.41. The van der Waals surface area contributed by atoms with Crippen LogP contribution in [0.2, 0.25) is 0 Å². The maximum atomic E-state index is 11.5. The number of hydrogen-bond donors (Lipinski definition) is 1. The summed E-state index contributed by atoms with van der Waals surface area (Å²) >= 11 is -1.04. The fourth-order valence-corrected chi connectivity index (χ4v) is 2.99. The molecular formula is C10H14AsNO3S. The van der Waals surface area contributed by atoms with Crippen molar-refractivity contribution < 1.29 is 12.2 Å². The summed E-state index contributed by atoms with van der Waals surface area (Å²) in [7, 11) is -3.24. The van der Waals surface area contributed by atoms with Gasteiger partial charge >= 0.3 is 102 Å². The van der Waals surface area contributed by atoms with E-state index in [0.29, 0.717) is 12.1 Å². The van der Waals surface area contributed by atoms with Gasteiger partial charge in [-0.2, -0.15) is 0 Å². The van der Waals surface area contributed by atoms with E-state index in [9.17, 15) is 12.2 Å². The Morgan fingerprint density at radius 3 is 2.38 bits per heavy atom. The summed E-state index contributed by atoms with van der Waals surface area (Å²) in [6.45, 7) is 1.95. The van der Waals surface area contributed by atoms with Gasteiger partial charge in [-0.3, -0.25) is 0 Å². The van der Waals surface area contributed by atoms with Crippen LogP contribution in [0, 0.1) is 0 Å². The van der Waals surface area contributed by atoms with Gasteiger partial charge in [0.25, 0.3) is 0 Å². The minimum absolute atomic E-state index is 0.138. The maximum absolute atomic E-state index is 11.5. The zero-order valence-electron chi connectivity index (χ0n) is 9.01. The van der Waals surface area contributed by atoms with E-state index >= 15 is 0 Å². The van der Waals surface area contributed by atoms with Gasteiger partial charge in [0.05, 0.1) is 0 Å². The molecule has 1 rings (SSSR count). The molecule has 88 valence electrons. The number of rotatable bonds is 6. The average Bonchev–Trinajstić information content (AvgIpc) is 2.27. The third kappa shape index (κ3) is 4.45. The van der Waals surface area contributed by atoms with Crippen molar-refractivity contribution in [3.63, 3.8) is 0 Å². The number of hydrogen-bond acceptors (Lipinski definition) is 3. The second-order valence-corrected chi connectivity index (χ2v) is 6.72. The Morgan fingerprint density at radius 2 is 1.88 bits per heavy atom. The molecule has 0 aliphatic carbocycles. The normalized spacial score (nSPS) is 11.6. The molecule has 0 aliphatic heterocycles. The van der Waals surface area contributed by atoms with Crippen LogP contribution < -0.4 is 9.07 Å². The fraction of sp³-hybridized carbons (Fsp3) is 0.400. The number of nitrogens with one attached hydrogen (secondary N) is 1. The molecule has 0 aliphatic rings. The number of benzene rings is 1. The Labute approximate surface area is 102 Å². The molecule has 0 saturated heterocycles. The van der Waals surface area contributed by atoms with Gasteiger partial charge in [-0.05, 0) is 0 Å². The average molecular weight is 303 g/mol. The first-order valence-electron chi connectivity index (χ1n) is 5.01. The minimum atomic E-state index is -3.24. The van der Waals surface area contributed by atoms with E-state index in [2.05, 4.69) is 4.72 Å². The van der Waals surface area contributed by atoms with E-state index in [1.165, 1.54) is 0 Å². The zero-order chi connectivity index (χ0) is 12.0. The van der Waals surface area contributed by atoms with E-state index in [1.807, 2.05) is 6.92 Å². The van der Waals surface area contributed by atoms with Crippen LogP contribution in [0.15, 0.2) is 24.3 Å². The molecule has 0 unspecified atom stereocenters. The van der Waals surface area contributed by atoms with Crippen molar-refractivity contribution in [2.24, 2.45) is 0 Å². The molecule has 0 fully saturated rings. The number of unbranched alkanes of at least 4 members (excludes halogenated alkanes) is 1. The van der Waals surface area contributed by atoms with Gasteiger partial charge in [0, 0.05) is 0 Å². The third-order valence-electron chi connectivity index (χ3n) is 2.01. The first-order chi connectivity index (χ1) is 7.57. The molecule has 0 saturated carbocycles. The van der Waals surface area contributed by atoms with Gasteiger partial charge in [-0.15, -0.1) is 0 Å². The van der Waals surface area contributed by atoms with Gasteiger partial charge in [-0.25, -0.2) is 0 Å². The molecule has 0 radical (unpaired) electrons. The van der Waals surface area contributed by atoms with Gasteiger partial charge in [0.15, 0.2) is 0 Å². The molecule has 0 atom stereocenters. The van der Waals surface area contributed by atoms with Gasteiger partial charge in [-0.1, -0.05) is 0 Å². The Balaban J connectivity index is 2.68. The van der Waals surface area contributed by atoms with E-state index in [-0.39, 0.29) is 5.75 Å². The Bertz CT molecular complexity index is 442. The molecule has 1 N–H and O–H groups in total. The van der Waals surface area contributed by atoms with E-state index in [0.717, 1.165) is 10.8 Å². The van der Waals surface area contributed by atoms with Crippen LogP contribution in [0.1, 0.15) is 19.8 Å². The van der Waals surface area contributed by atoms with Crippen molar-refractivity contribution in [1.29, 1.82) is 0 Å². The first kappa shape index (κ1) is 13.4. The SMILES string of the molecule is CCCCS(=O)(=O)Nc1ccc([As]=O)cc1. The first-order valence-corrected chi connectivity index (χ1v) is 8.37. The summed E-state index contributed by atoms with van der Waals surface area (Å²) in [4.78, 5) is 0. The van der Waals surface area contributed by atoms with Crippen LogP contribution in [0.5, 0.6) is 0 Å². The van der Waals surface area contributed by atoms with Crippen LogP contribution in [0.3, 0.4) is 0 Å². The molecule has 0 amide bonds. The van der Waals surface area contributed by atoms with Crippen LogP contribution in [0.25, 0.3) is 0 Å². The molecule has 1 aromatic carbocycles. The molecule has 4 nitrogen and oxygen atoms in total. The standard InChI is InChI=1S/C10H14AsNO3S/c1-2-3-8-16(14,15)12-10-6-4-9(11-13)5-7-10/h4-7,12H,2-3,8H2,1H3. The molecule has 6 heteroatoms. The van der Waals surface area contributed by atoms with Crippen molar-refractivity contribution in [3.8, 4) is 0 Å². The van der Waals surface area contributed by atoms with Crippen molar-refractivity contribution in [1.82, 2.24) is 0 Å². The predicted octanol–water partition coefficient (Wildman–Crippen LogP) is 0.903. The van der Waals surface area contributed by atoms with Crippen molar-refractivity contribution in [2.75, 3.05) is 10.5 Å². The molecule has 1 aromatic rings. The summed E-state index contributed by atoms with van der Waals surface area (Å²) in [5.74, 6) is 0.138. The molecule has 16 heavy (non-hydrogen) atoms.